The predicted molar refractivity (Wildman–Crippen MR) is 42.1 cm³/mol. The van der Waals surface area contributed by atoms with Crippen LogP contribution < -0.4 is 5.73 Å². The average molecular weight is 128 g/mol. The molecule has 1 heteroatoms. The molecule has 1 unspecified atom stereocenters. The Kier molecular flexibility index (Phi) is 4.78. The Morgan fingerprint density at radius 3 is 2.44 bits per heavy atom. The van der Waals surface area contributed by atoms with E-state index in [9.17, 15) is 0 Å². The standard InChI is InChI=1S/C8H18N/c1-4-5-6-7(2)8(3)9/h8H,4-6,9H2,1-3H3. The molecule has 0 aromatic carbocycles. The first kappa shape index (κ1) is 8.96. The van der Waals surface area contributed by atoms with Crippen LogP contribution in [0, 0.1) is 5.92 Å². The fourth-order valence-corrected chi connectivity index (χ4v) is 0.683. The summed E-state index contributed by atoms with van der Waals surface area (Å²) in [5.41, 5.74) is 5.64. The van der Waals surface area contributed by atoms with Crippen molar-refractivity contribution in [3.8, 4) is 0 Å². The fraction of sp³-hybridized carbons (Fsp3) is 0.875. The third kappa shape index (κ3) is 4.46. The summed E-state index contributed by atoms with van der Waals surface area (Å²) in [6, 6.07) is 0.288. The summed E-state index contributed by atoms with van der Waals surface area (Å²) >= 11 is 0. The monoisotopic (exact) mass is 128 g/mol. The zero-order valence-corrected chi connectivity index (χ0v) is 6.78. The van der Waals surface area contributed by atoms with Gasteiger partial charge in [-0.1, -0.05) is 26.7 Å². The number of nitrogens with two attached hydrogens (primary N) is 1. The molecule has 0 amide bonds. The van der Waals surface area contributed by atoms with Crippen LogP contribution in [0.5, 0.6) is 0 Å². The molecule has 0 aliphatic heterocycles. The van der Waals surface area contributed by atoms with Crippen molar-refractivity contribution in [3.63, 3.8) is 0 Å². The molecule has 0 aliphatic rings. The molecule has 0 saturated heterocycles. The molecule has 1 atom stereocenters. The van der Waals surface area contributed by atoms with Gasteiger partial charge < -0.3 is 5.73 Å². The first-order valence-electron chi connectivity index (χ1n) is 3.76. The Balaban J connectivity index is 3.16. The highest BCUT2D eigenvalue weighted by Crippen LogP contribution is 2.11. The molecule has 0 fully saturated rings. The van der Waals surface area contributed by atoms with Crippen LogP contribution in [0.4, 0.5) is 0 Å². The van der Waals surface area contributed by atoms with E-state index in [0.29, 0.717) is 0 Å². The van der Waals surface area contributed by atoms with Crippen LogP contribution in [0.15, 0.2) is 0 Å². The highest BCUT2D eigenvalue weighted by molar-refractivity contribution is 4.91. The van der Waals surface area contributed by atoms with E-state index in [1.54, 1.807) is 0 Å². The molecule has 0 aromatic heterocycles. The van der Waals surface area contributed by atoms with Gasteiger partial charge in [0.25, 0.3) is 0 Å². The van der Waals surface area contributed by atoms with Gasteiger partial charge in [0.05, 0.1) is 0 Å². The minimum atomic E-state index is 0.288. The third-order valence-electron chi connectivity index (χ3n) is 1.70. The Labute approximate surface area is 58.6 Å². The molecule has 0 bridgehead atoms. The van der Waals surface area contributed by atoms with E-state index in [1.165, 1.54) is 25.2 Å². The largest absolute Gasteiger partial charge is 0.327 e. The van der Waals surface area contributed by atoms with Gasteiger partial charge in [0.2, 0.25) is 0 Å². The molecule has 0 saturated carbocycles. The van der Waals surface area contributed by atoms with Crippen LogP contribution in [-0.2, 0) is 0 Å². The molecule has 0 spiro atoms. The second-order valence-corrected chi connectivity index (χ2v) is 2.74. The summed E-state index contributed by atoms with van der Waals surface area (Å²) < 4.78 is 0. The van der Waals surface area contributed by atoms with Gasteiger partial charge in [-0.25, -0.2) is 0 Å². The number of hydrogen-bond donors (Lipinski definition) is 1. The molecule has 0 heterocycles. The van der Waals surface area contributed by atoms with Crippen molar-refractivity contribution < 1.29 is 0 Å². The highest BCUT2D eigenvalue weighted by atomic mass is 14.6. The lowest BCUT2D eigenvalue weighted by Crippen LogP contribution is -2.22. The minimum Gasteiger partial charge on any atom is -0.327 e. The lowest BCUT2D eigenvalue weighted by atomic mass is 9.98. The zero-order valence-electron chi connectivity index (χ0n) is 6.78. The van der Waals surface area contributed by atoms with Gasteiger partial charge in [-0.2, -0.15) is 0 Å². The summed E-state index contributed by atoms with van der Waals surface area (Å²) in [6.45, 7) is 6.39. The van der Waals surface area contributed by atoms with Crippen molar-refractivity contribution >= 4 is 0 Å². The van der Waals surface area contributed by atoms with E-state index >= 15 is 0 Å². The van der Waals surface area contributed by atoms with Crippen LogP contribution in [0.2, 0.25) is 0 Å². The van der Waals surface area contributed by atoms with Crippen LogP contribution >= 0.6 is 0 Å². The van der Waals surface area contributed by atoms with Crippen LogP contribution in [-0.4, -0.2) is 6.04 Å². The Hall–Kier alpha value is -0.0400. The molecule has 0 rings (SSSR count). The molecule has 9 heavy (non-hydrogen) atoms. The Morgan fingerprint density at radius 1 is 1.56 bits per heavy atom. The topological polar surface area (TPSA) is 26.0 Å². The van der Waals surface area contributed by atoms with Gasteiger partial charge in [-0.05, 0) is 19.3 Å². The van der Waals surface area contributed by atoms with Gasteiger partial charge in [-0.15, -0.1) is 0 Å². The van der Waals surface area contributed by atoms with E-state index in [4.69, 9.17) is 5.73 Å². The van der Waals surface area contributed by atoms with Gasteiger partial charge in [0.1, 0.15) is 0 Å². The summed E-state index contributed by atoms with van der Waals surface area (Å²) in [7, 11) is 0. The molecule has 0 aromatic rings. The highest BCUT2D eigenvalue weighted by Gasteiger charge is 2.05. The average Bonchev–Trinajstić information content (AvgIpc) is 1.82. The fourth-order valence-electron chi connectivity index (χ4n) is 0.683. The van der Waals surface area contributed by atoms with E-state index in [0.717, 1.165) is 0 Å². The normalized spacial score (nSPS) is 14.3. The van der Waals surface area contributed by atoms with Crippen LogP contribution in [0.1, 0.15) is 40.0 Å². The molecule has 1 nitrogen and oxygen atoms in total. The van der Waals surface area contributed by atoms with E-state index in [1.807, 2.05) is 6.92 Å². The lowest BCUT2D eigenvalue weighted by molar-refractivity contribution is 0.634. The molecule has 0 aliphatic carbocycles. The number of unbranched alkanes of at least 4 members (excludes halogenated alkanes) is 1. The van der Waals surface area contributed by atoms with Crippen molar-refractivity contribution in [2.24, 2.45) is 5.73 Å². The molecular formula is C8H18N. The molecular weight excluding hydrogens is 110 g/mol. The Morgan fingerprint density at radius 2 is 2.11 bits per heavy atom. The second-order valence-electron chi connectivity index (χ2n) is 2.74. The predicted octanol–water partition coefficient (Wildman–Crippen LogP) is 2.12. The Bertz CT molecular complexity index is 59.6. The van der Waals surface area contributed by atoms with Gasteiger partial charge >= 0.3 is 0 Å². The third-order valence-corrected chi connectivity index (χ3v) is 1.70. The van der Waals surface area contributed by atoms with Gasteiger partial charge in [-0.3, -0.25) is 0 Å². The molecule has 55 valence electrons. The number of rotatable bonds is 4. The maximum absolute atomic E-state index is 5.64. The molecule has 1 radical (unpaired) electrons. The summed E-state index contributed by atoms with van der Waals surface area (Å²) in [6.07, 6.45) is 3.76. The maximum atomic E-state index is 5.64. The molecule has 2 N–H and O–H groups in total. The lowest BCUT2D eigenvalue weighted by Gasteiger charge is -2.13. The van der Waals surface area contributed by atoms with Crippen molar-refractivity contribution in [1.29, 1.82) is 0 Å². The van der Waals surface area contributed by atoms with Crippen molar-refractivity contribution in [3.05, 3.63) is 5.92 Å². The van der Waals surface area contributed by atoms with Crippen molar-refractivity contribution in [2.45, 2.75) is 46.1 Å². The van der Waals surface area contributed by atoms with Crippen LogP contribution in [0.3, 0.4) is 0 Å². The summed E-state index contributed by atoms with van der Waals surface area (Å²) in [4.78, 5) is 0. The van der Waals surface area contributed by atoms with Crippen LogP contribution in [0.25, 0.3) is 0 Å². The number of hydrogen-bond acceptors (Lipinski definition) is 1. The summed E-state index contributed by atoms with van der Waals surface area (Å²) in [5.74, 6) is 1.43. The maximum Gasteiger partial charge on any atom is 0.00701 e. The first-order chi connectivity index (χ1) is 4.18. The second kappa shape index (κ2) is 4.80. The SMILES string of the molecule is CCCC[C](C)C(C)N. The zero-order chi connectivity index (χ0) is 7.28. The van der Waals surface area contributed by atoms with Gasteiger partial charge in [0, 0.05) is 6.04 Å². The van der Waals surface area contributed by atoms with Gasteiger partial charge in [0.15, 0.2) is 0 Å². The van der Waals surface area contributed by atoms with Crippen molar-refractivity contribution in [1.82, 2.24) is 0 Å². The van der Waals surface area contributed by atoms with E-state index < -0.39 is 0 Å². The quantitative estimate of drug-likeness (QED) is 0.616. The minimum absolute atomic E-state index is 0.288. The smallest absolute Gasteiger partial charge is 0.00701 e. The van der Waals surface area contributed by atoms with E-state index in [2.05, 4.69) is 13.8 Å². The summed E-state index contributed by atoms with van der Waals surface area (Å²) in [5, 5.41) is 0. The first-order valence-corrected chi connectivity index (χ1v) is 3.76. The van der Waals surface area contributed by atoms with Crippen molar-refractivity contribution in [2.75, 3.05) is 0 Å². The van der Waals surface area contributed by atoms with E-state index in [-0.39, 0.29) is 6.04 Å².